The van der Waals surface area contributed by atoms with Crippen molar-refractivity contribution in [3.63, 3.8) is 0 Å². The summed E-state index contributed by atoms with van der Waals surface area (Å²) in [5.74, 6) is 6.93. The number of thiophene rings is 1. The molecule has 0 bridgehead atoms. The maximum atomic E-state index is 5.54. The van der Waals surface area contributed by atoms with Crippen LogP contribution in [0.2, 0.25) is 0 Å². The third-order valence-corrected chi connectivity index (χ3v) is 3.71. The van der Waals surface area contributed by atoms with E-state index in [4.69, 9.17) is 5.84 Å². The van der Waals surface area contributed by atoms with E-state index in [1.807, 2.05) is 31.2 Å². The molecule has 0 amide bonds. The van der Waals surface area contributed by atoms with Gasteiger partial charge >= 0.3 is 0 Å². The molecule has 3 rings (SSSR count). The molecule has 3 heterocycles. The van der Waals surface area contributed by atoms with Crippen molar-refractivity contribution in [3.05, 3.63) is 46.9 Å². The first kappa shape index (κ1) is 12.0. The third-order valence-electron chi connectivity index (χ3n) is 2.76. The summed E-state index contributed by atoms with van der Waals surface area (Å²) < 4.78 is 0. The Bertz CT molecular complexity index is 708. The van der Waals surface area contributed by atoms with Crippen molar-refractivity contribution >= 4 is 27.4 Å². The monoisotopic (exact) mass is 271 g/mol. The molecule has 19 heavy (non-hydrogen) atoms. The van der Waals surface area contributed by atoms with E-state index in [0.717, 1.165) is 21.7 Å². The minimum atomic E-state index is 0.600. The fourth-order valence-electron chi connectivity index (χ4n) is 1.94. The lowest BCUT2D eigenvalue weighted by Crippen LogP contribution is -2.11. The lowest BCUT2D eigenvalue weighted by molar-refractivity contribution is 0.955. The second kappa shape index (κ2) is 4.91. The molecule has 0 atom stereocenters. The normalized spacial score (nSPS) is 10.8. The van der Waals surface area contributed by atoms with Gasteiger partial charge in [0.25, 0.3) is 0 Å². The topological polar surface area (TPSA) is 76.7 Å². The maximum absolute atomic E-state index is 5.54. The first-order chi connectivity index (χ1) is 9.26. The fraction of sp³-hybridized carbons (Fsp3) is 0.154. The summed E-state index contributed by atoms with van der Waals surface area (Å²) in [4.78, 5) is 15.4. The van der Waals surface area contributed by atoms with E-state index in [-0.39, 0.29) is 0 Å². The van der Waals surface area contributed by atoms with Crippen LogP contribution in [0, 0.1) is 6.92 Å². The van der Waals surface area contributed by atoms with Crippen LogP contribution in [0.25, 0.3) is 10.2 Å². The van der Waals surface area contributed by atoms with Crippen molar-refractivity contribution in [3.8, 4) is 0 Å². The van der Waals surface area contributed by atoms with E-state index in [1.54, 1.807) is 17.5 Å². The molecule has 3 aromatic heterocycles. The molecule has 0 aliphatic heterocycles. The van der Waals surface area contributed by atoms with Crippen molar-refractivity contribution in [2.75, 3.05) is 5.43 Å². The van der Waals surface area contributed by atoms with E-state index in [2.05, 4.69) is 20.4 Å². The molecule has 0 aromatic carbocycles. The second-order valence-corrected chi connectivity index (χ2v) is 5.44. The van der Waals surface area contributed by atoms with Crippen molar-refractivity contribution in [1.29, 1.82) is 0 Å². The number of nitrogens with two attached hydrogens (primary N) is 1. The summed E-state index contributed by atoms with van der Waals surface area (Å²) >= 11 is 1.64. The molecule has 0 saturated carbocycles. The zero-order chi connectivity index (χ0) is 13.2. The largest absolute Gasteiger partial charge is 0.308 e. The van der Waals surface area contributed by atoms with Gasteiger partial charge in [0, 0.05) is 16.8 Å². The highest BCUT2D eigenvalue weighted by Gasteiger charge is 2.10. The Balaban J connectivity index is 2.04. The Labute approximate surface area is 114 Å². The number of rotatable bonds is 3. The zero-order valence-corrected chi connectivity index (χ0v) is 11.2. The van der Waals surface area contributed by atoms with E-state index in [0.29, 0.717) is 12.2 Å². The van der Waals surface area contributed by atoms with Crippen LogP contribution >= 0.6 is 11.3 Å². The summed E-state index contributed by atoms with van der Waals surface area (Å²) in [5.41, 5.74) is 3.59. The smallest absolute Gasteiger partial charge is 0.152 e. The summed E-state index contributed by atoms with van der Waals surface area (Å²) in [5, 5.41) is 0.967. The molecule has 6 heteroatoms. The number of fused-ring (bicyclic) bond motifs is 1. The highest BCUT2D eigenvalue weighted by Crippen LogP contribution is 2.28. The van der Waals surface area contributed by atoms with Gasteiger partial charge in [-0.05, 0) is 25.1 Å². The fourth-order valence-corrected chi connectivity index (χ4v) is 2.84. The number of anilines is 1. The van der Waals surface area contributed by atoms with Gasteiger partial charge in [-0.1, -0.05) is 6.07 Å². The number of nitrogens with one attached hydrogen (secondary N) is 1. The number of hydrazine groups is 1. The Morgan fingerprint density at radius 1 is 1.32 bits per heavy atom. The van der Waals surface area contributed by atoms with Crippen LogP contribution < -0.4 is 11.3 Å². The number of nitrogen functional groups attached to an aromatic ring is 1. The van der Waals surface area contributed by atoms with Crippen molar-refractivity contribution in [1.82, 2.24) is 15.0 Å². The number of pyridine rings is 1. The summed E-state index contributed by atoms with van der Waals surface area (Å²) in [6.45, 7) is 2.05. The molecule has 5 nitrogen and oxygen atoms in total. The zero-order valence-electron chi connectivity index (χ0n) is 10.4. The number of nitrogens with zero attached hydrogens (tertiary/aromatic N) is 3. The molecule has 96 valence electrons. The number of aryl methyl sites for hydroxylation is 1. The van der Waals surface area contributed by atoms with Crippen LogP contribution in [-0.2, 0) is 6.42 Å². The third kappa shape index (κ3) is 2.40. The van der Waals surface area contributed by atoms with Crippen LogP contribution in [0.1, 0.15) is 16.4 Å². The van der Waals surface area contributed by atoms with Crippen LogP contribution in [0.5, 0.6) is 0 Å². The SMILES string of the molecule is Cc1cc2c(NN)nc(Cc3ccccn3)nc2s1. The van der Waals surface area contributed by atoms with Gasteiger partial charge in [0.1, 0.15) is 10.7 Å². The lowest BCUT2D eigenvalue weighted by Gasteiger charge is -2.04. The van der Waals surface area contributed by atoms with Crippen LogP contribution in [0.4, 0.5) is 5.82 Å². The lowest BCUT2D eigenvalue weighted by atomic mass is 10.2. The van der Waals surface area contributed by atoms with E-state index in [9.17, 15) is 0 Å². The Hall–Kier alpha value is -2.05. The van der Waals surface area contributed by atoms with Gasteiger partial charge in [0.2, 0.25) is 0 Å². The summed E-state index contributed by atoms with van der Waals surface area (Å²) in [7, 11) is 0. The number of hydrogen-bond donors (Lipinski definition) is 2. The van der Waals surface area contributed by atoms with Crippen LogP contribution in [0.15, 0.2) is 30.5 Å². The molecule has 3 aromatic rings. The van der Waals surface area contributed by atoms with Gasteiger partial charge in [-0.2, -0.15) is 0 Å². The van der Waals surface area contributed by atoms with Gasteiger partial charge in [-0.15, -0.1) is 11.3 Å². The molecular weight excluding hydrogens is 258 g/mol. The van der Waals surface area contributed by atoms with Crippen molar-refractivity contribution in [2.24, 2.45) is 5.84 Å². The minimum absolute atomic E-state index is 0.600. The average Bonchev–Trinajstić information content (AvgIpc) is 2.79. The van der Waals surface area contributed by atoms with Crippen LogP contribution in [0.3, 0.4) is 0 Å². The molecule has 3 N–H and O–H groups in total. The molecule has 0 radical (unpaired) electrons. The Morgan fingerprint density at radius 3 is 2.95 bits per heavy atom. The van der Waals surface area contributed by atoms with Crippen molar-refractivity contribution in [2.45, 2.75) is 13.3 Å². The van der Waals surface area contributed by atoms with Gasteiger partial charge in [0.15, 0.2) is 5.82 Å². The minimum Gasteiger partial charge on any atom is -0.308 e. The molecule has 0 unspecified atom stereocenters. The predicted octanol–water partition coefficient (Wildman–Crippen LogP) is 2.27. The van der Waals surface area contributed by atoms with Crippen molar-refractivity contribution < 1.29 is 0 Å². The molecule has 0 aliphatic rings. The number of aromatic nitrogens is 3. The predicted molar refractivity (Wildman–Crippen MR) is 77.0 cm³/mol. The number of hydrogen-bond acceptors (Lipinski definition) is 6. The highest BCUT2D eigenvalue weighted by molar-refractivity contribution is 7.18. The first-order valence-corrected chi connectivity index (χ1v) is 6.71. The molecular formula is C13H13N5S. The first-order valence-electron chi connectivity index (χ1n) is 5.90. The van der Waals surface area contributed by atoms with Gasteiger partial charge in [-0.3, -0.25) is 4.98 Å². The quantitative estimate of drug-likeness (QED) is 0.564. The van der Waals surface area contributed by atoms with Gasteiger partial charge in [0.05, 0.1) is 11.8 Å². The summed E-state index contributed by atoms with van der Waals surface area (Å²) in [6, 6.07) is 7.85. The average molecular weight is 271 g/mol. The molecule has 0 aliphatic carbocycles. The Kier molecular flexibility index (Phi) is 3.10. The molecule has 0 spiro atoms. The van der Waals surface area contributed by atoms with Gasteiger partial charge in [-0.25, -0.2) is 15.8 Å². The molecule has 0 saturated heterocycles. The maximum Gasteiger partial charge on any atom is 0.152 e. The van der Waals surface area contributed by atoms with E-state index < -0.39 is 0 Å². The van der Waals surface area contributed by atoms with E-state index in [1.165, 1.54) is 4.88 Å². The second-order valence-electron chi connectivity index (χ2n) is 4.21. The summed E-state index contributed by atoms with van der Waals surface area (Å²) in [6.07, 6.45) is 2.37. The highest BCUT2D eigenvalue weighted by atomic mass is 32.1. The standard InChI is InChI=1S/C13H13N5S/c1-8-6-10-12(18-14)16-11(17-13(10)19-8)7-9-4-2-3-5-15-9/h2-6H,7,14H2,1H3,(H,16,17,18). The van der Waals surface area contributed by atoms with Gasteiger partial charge < -0.3 is 5.43 Å². The van der Waals surface area contributed by atoms with Crippen LogP contribution in [-0.4, -0.2) is 15.0 Å². The molecule has 0 fully saturated rings. The Morgan fingerprint density at radius 2 is 2.21 bits per heavy atom. The van der Waals surface area contributed by atoms with E-state index >= 15 is 0 Å².